The Morgan fingerprint density at radius 3 is 2.62 bits per heavy atom. The molecule has 7 nitrogen and oxygen atoms in total. The van der Waals surface area contributed by atoms with E-state index in [1.165, 1.54) is 18.2 Å². The van der Waals surface area contributed by atoms with Gasteiger partial charge in [-0.3, -0.25) is 23.7 Å². The lowest BCUT2D eigenvalue weighted by molar-refractivity contribution is -0.907. The summed E-state index contributed by atoms with van der Waals surface area (Å²) in [5.74, 6) is 0.483. The maximum Gasteiger partial charge on any atom is 0.270 e. The minimum atomic E-state index is -0.492. The lowest BCUT2D eigenvalue weighted by Gasteiger charge is -2.36. The van der Waals surface area contributed by atoms with Crippen LogP contribution in [-0.2, 0) is 4.79 Å². The van der Waals surface area contributed by atoms with Gasteiger partial charge in [-0.2, -0.15) is 0 Å². The van der Waals surface area contributed by atoms with E-state index in [1.54, 1.807) is 6.08 Å². The maximum absolute atomic E-state index is 11.0. The fraction of sp³-hybridized carbons (Fsp3) is 0.308. The van der Waals surface area contributed by atoms with Crippen LogP contribution >= 0.6 is 12.8 Å². The molecule has 0 saturated heterocycles. The number of likely N-dealkylation sites (N-methyl/N-ethyl adjacent to an activating group) is 1. The smallest absolute Gasteiger partial charge is 0.270 e. The predicted molar refractivity (Wildman–Crippen MR) is 80.4 cm³/mol. The second kappa shape index (κ2) is 5.38. The van der Waals surface area contributed by atoms with Crippen molar-refractivity contribution in [3.63, 3.8) is 0 Å². The minimum absolute atomic E-state index is 0.0698. The molecule has 0 N–H and O–H groups in total. The molecule has 0 fully saturated rings. The van der Waals surface area contributed by atoms with Crippen LogP contribution in [0.15, 0.2) is 24.3 Å². The summed E-state index contributed by atoms with van der Waals surface area (Å²) in [6.07, 6.45) is 1.94. The summed E-state index contributed by atoms with van der Waals surface area (Å²) in [6.45, 7) is 0. The Morgan fingerprint density at radius 1 is 1.43 bits per heavy atom. The molecule has 1 aliphatic rings. The molecule has 0 bridgehead atoms. The zero-order chi connectivity index (χ0) is 15.8. The molecule has 2 rings (SSSR count). The summed E-state index contributed by atoms with van der Waals surface area (Å²) < 4.78 is 7.42. The first-order valence-corrected chi connectivity index (χ1v) is 6.56. The van der Waals surface area contributed by atoms with Gasteiger partial charge >= 0.3 is 0 Å². The average molecular weight is 310 g/mol. The zero-order valence-corrected chi connectivity index (χ0v) is 12.8. The van der Waals surface area contributed by atoms with Crippen LogP contribution in [0.5, 0.6) is 5.75 Å². The van der Waals surface area contributed by atoms with Gasteiger partial charge in [-0.1, -0.05) is 12.8 Å². The molecular weight excluding hydrogens is 294 g/mol. The van der Waals surface area contributed by atoms with Gasteiger partial charge in [-0.15, -0.1) is 0 Å². The van der Waals surface area contributed by atoms with Crippen LogP contribution in [0.1, 0.15) is 5.56 Å². The minimum Gasteiger partial charge on any atom is -0.438 e. The van der Waals surface area contributed by atoms with Gasteiger partial charge in [0, 0.05) is 23.8 Å². The molecule has 0 radical (unpaired) electrons. The van der Waals surface area contributed by atoms with Gasteiger partial charge in [0.15, 0.2) is 0 Å². The number of carbonyl (C=O) groups is 1. The molecule has 1 unspecified atom stereocenters. The van der Waals surface area contributed by atoms with Crippen LogP contribution in [0.2, 0.25) is 0 Å². The van der Waals surface area contributed by atoms with Crippen molar-refractivity contribution in [2.24, 2.45) is 0 Å². The van der Waals surface area contributed by atoms with Crippen molar-refractivity contribution in [2.45, 2.75) is 6.23 Å². The third-order valence-electron chi connectivity index (χ3n) is 3.11. The van der Waals surface area contributed by atoms with Crippen LogP contribution in [0.3, 0.4) is 0 Å². The number of rotatable bonds is 4. The molecule has 1 amide bonds. The largest absolute Gasteiger partial charge is 0.438 e. The first kappa shape index (κ1) is 15.3. The molecule has 0 saturated carbocycles. The summed E-state index contributed by atoms with van der Waals surface area (Å²) >= 11 is 4.08. The van der Waals surface area contributed by atoms with Gasteiger partial charge < -0.3 is 4.74 Å². The zero-order valence-electron chi connectivity index (χ0n) is 11.9. The molecule has 0 aromatic heterocycles. The summed E-state index contributed by atoms with van der Waals surface area (Å²) in [7, 11) is 5.83. The highest BCUT2D eigenvalue weighted by molar-refractivity contribution is 7.78. The number of hydrogen-bond donors (Lipinski definition) is 1. The molecule has 1 aliphatic heterocycles. The van der Waals surface area contributed by atoms with Crippen molar-refractivity contribution < 1.29 is 18.9 Å². The number of nitro benzene ring substituents is 1. The molecule has 1 heterocycles. The Hall–Kier alpha value is -2.06. The second-order valence-corrected chi connectivity index (χ2v) is 6.00. The highest BCUT2D eigenvalue weighted by Gasteiger charge is 2.32. The second-order valence-electron chi connectivity index (χ2n) is 5.56. The van der Waals surface area contributed by atoms with E-state index < -0.39 is 4.92 Å². The molecule has 8 heteroatoms. The lowest BCUT2D eigenvalue weighted by Crippen LogP contribution is -2.48. The Balaban J connectivity index is 2.57. The third-order valence-corrected chi connectivity index (χ3v) is 3.42. The number of fused-ring (bicyclic) bond motifs is 1. The normalized spacial score (nSPS) is 17.3. The molecule has 21 heavy (non-hydrogen) atoms. The SMILES string of the molecule is C[N+](C)(C)C1C=C(N(S)C=O)c2cc([N+](=O)[O-])ccc2O1. The van der Waals surface area contributed by atoms with Crippen LogP contribution in [0.25, 0.3) is 5.70 Å². The van der Waals surface area contributed by atoms with E-state index in [0.717, 1.165) is 4.31 Å². The van der Waals surface area contributed by atoms with E-state index >= 15 is 0 Å². The highest BCUT2D eigenvalue weighted by atomic mass is 32.1. The topological polar surface area (TPSA) is 72.7 Å². The molecule has 0 aliphatic carbocycles. The lowest BCUT2D eigenvalue weighted by atomic mass is 10.1. The fourth-order valence-corrected chi connectivity index (χ4v) is 2.14. The molecule has 1 aromatic carbocycles. The summed E-state index contributed by atoms with van der Waals surface area (Å²) in [5, 5.41) is 10.9. The standard InChI is InChI=1S/C13H16N3O4S/c1-16(2,3)13-7-11(14(21)8-17)10-6-9(15(18)19)4-5-12(10)20-13/h4-8,13,21H,1-3H3/q+1. The monoisotopic (exact) mass is 310 g/mol. The Labute approximate surface area is 127 Å². The number of nitro groups is 1. The van der Waals surface area contributed by atoms with Gasteiger partial charge in [0.05, 0.1) is 31.8 Å². The molecule has 1 aromatic rings. The summed E-state index contributed by atoms with van der Waals surface area (Å²) in [5.41, 5.74) is 0.868. The van der Waals surface area contributed by atoms with Gasteiger partial charge in [0.25, 0.3) is 11.9 Å². The van der Waals surface area contributed by atoms with E-state index in [0.29, 0.717) is 27.9 Å². The van der Waals surface area contributed by atoms with E-state index in [2.05, 4.69) is 12.8 Å². The number of amides is 1. The average Bonchev–Trinajstić information content (AvgIpc) is 2.43. The van der Waals surface area contributed by atoms with Crippen molar-refractivity contribution in [1.29, 1.82) is 0 Å². The number of nitrogens with zero attached hydrogens (tertiary/aromatic N) is 3. The Bertz CT molecular complexity index is 624. The van der Waals surface area contributed by atoms with Gasteiger partial charge in [-0.05, 0) is 6.07 Å². The Morgan fingerprint density at radius 2 is 2.10 bits per heavy atom. The third kappa shape index (κ3) is 3.01. The fourth-order valence-electron chi connectivity index (χ4n) is 1.96. The van der Waals surface area contributed by atoms with Gasteiger partial charge in [0.2, 0.25) is 6.41 Å². The maximum atomic E-state index is 11.0. The summed E-state index contributed by atoms with van der Waals surface area (Å²) in [6, 6.07) is 4.29. The van der Waals surface area contributed by atoms with Crippen molar-refractivity contribution in [3.8, 4) is 5.75 Å². The number of benzene rings is 1. The number of thiol groups is 1. The van der Waals surface area contributed by atoms with Crippen LogP contribution < -0.4 is 4.74 Å². The molecule has 0 spiro atoms. The summed E-state index contributed by atoms with van der Waals surface area (Å²) in [4.78, 5) is 21.4. The van der Waals surface area contributed by atoms with Crippen molar-refractivity contribution in [2.75, 3.05) is 21.1 Å². The molecule has 112 valence electrons. The van der Waals surface area contributed by atoms with E-state index in [4.69, 9.17) is 4.74 Å². The van der Waals surface area contributed by atoms with E-state index in [9.17, 15) is 14.9 Å². The molecule has 1 atom stereocenters. The van der Waals surface area contributed by atoms with E-state index in [-0.39, 0.29) is 11.9 Å². The van der Waals surface area contributed by atoms with E-state index in [1.807, 2.05) is 21.1 Å². The number of hydrogen-bond acceptors (Lipinski definition) is 5. The van der Waals surface area contributed by atoms with Crippen LogP contribution in [-0.4, -0.2) is 47.5 Å². The number of carbonyl (C=O) groups excluding carboxylic acids is 1. The van der Waals surface area contributed by atoms with Crippen LogP contribution in [0.4, 0.5) is 5.69 Å². The quantitative estimate of drug-likeness (QED) is 0.302. The first-order valence-electron chi connectivity index (χ1n) is 6.16. The van der Waals surface area contributed by atoms with Gasteiger partial charge in [-0.25, -0.2) is 0 Å². The van der Waals surface area contributed by atoms with Crippen molar-refractivity contribution >= 4 is 30.6 Å². The number of quaternary nitrogens is 1. The Kier molecular flexibility index (Phi) is 3.93. The highest BCUT2D eigenvalue weighted by Crippen LogP contribution is 2.37. The van der Waals surface area contributed by atoms with Crippen molar-refractivity contribution in [3.05, 3.63) is 40.0 Å². The van der Waals surface area contributed by atoms with Crippen molar-refractivity contribution in [1.82, 2.24) is 4.31 Å². The number of ether oxygens (including phenoxy) is 1. The van der Waals surface area contributed by atoms with Gasteiger partial charge in [0.1, 0.15) is 5.75 Å². The molecular formula is C13H16N3O4S+. The van der Waals surface area contributed by atoms with Crippen LogP contribution in [0, 0.1) is 10.1 Å². The predicted octanol–water partition coefficient (Wildman–Crippen LogP) is 1.66. The first-order chi connectivity index (χ1) is 9.74. The number of non-ortho nitro benzene ring substituents is 1.